The summed E-state index contributed by atoms with van der Waals surface area (Å²) in [5.74, 6) is 1.37. The van der Waals surface area contributed by atoms with Crippen molar-refractivity contribution in [3.63, 3.8) is 0 Å². The maximum atomic E-state index is 4.63. The third kappa shape index (κ3) is 2.09. The Morgan fingerprint density at radius 2 is 1.81 bits per heavy atom. The molecule has 16 heavy (non-hydrogen) atoms. The SMILES string of the molecule is Cc1nc(C(C)C)nc(C)c1C1CCCN1. The summed E-state index contributed by atoms with van der Waals surface area (Å²) in [6.45, 7) is 9.62. The molecule has 3 heteroatoms. The Morgan fingerprint density at radius 3 is 2.25 bits per heavy atom. The maximum absolute atomic E-state index is 4.63. The molecule has 1 aliphatic rings. The molecule has 0 radical (unpaired) electrons. The first-order valence-corrected chi connectivity index (χ1v) is 6.18. The lowest BCUT2D eigenvalue weighted by Gasteiger charge is -2.17. The molecule has 1 N–H and O–H groups in total. The maximum Gasteiger partial charge on any atom is 0.131 e. The Bertz CT molecular complexity index is 356. The molecule has 0 amide bonds. The van der Waals surface area contributed by atoms with E-state index in [9.17, 15) is 0 Å². The zero-order chi connectivity index (χ0) is 11.7. The van der Waals surface area contributed by atoms with E-state index in [2.05, 4.69) is 43.0 Å². The lowest BCUT2D eigenvalue weighted by molar-refractivity contribution is 0.621. The Labute approximate surface area is 97.7 Å². The largest absolute Gasteiger partial charge is 0.310 e. The van der Waals surface area contributed by atoms with Gasteiger partial charge in [0.15, 0.2) is 0 Å². The van der Waals surface area contributed by atoms with Crippen molar-refractivity contribution < 1.29 is 0 Å². The number of aromatic nitrogens is 2. The van der Waals surface area contributed by atoms with Crippen molar-refractivity contribution in [2.45, 2.75) is 52.5 Å². The first-order chi connectivity index (χ1) is 7.59. The lowest BCUT2D eigenvalue weighted by Crippen LogP contribution is -2.18. The summed E-state index contributed by atoms with van der Waals surface area (Å²) in [4.78, 5) is 9.25. The Kier molecular flexibility index (Phi) is 3.24. The van der Waals surface area contributed by atoms with Gasteiger partial charge in [-0.15, -0.1) is 0 Å². The molecule has 1 aliphatic heterocycles. The van der Waals surface area contributed by atoms with Crippen LogP contribution in [0.4, 0.5) is 0 Å². The van der Waals surface area contributed by atoms with Crippen LogP contribution in [0.15, 0.2) is 0 Å². The molecule has 1 unspecified atom stereocenters. The van der Waals surface area contributed by atoms with Crippen molar-refractivity contribution >= 4 is 0 Å². The highest BCUT2D eigenvalue weighted by Crippen LogP contribution is 2.27. The van der Waals surface area contributed by atoms with Crippen molar-refractivity contribution in [3.05, 3.63) is 22.8 Å². The molecule has 3 nitrogen and oxygen atoms in total. The summed E-state index contributed by atoms with van der Waals surface area (Å²) >= 11 is 0. The lowest BCUT2D eigenvalue weighted by atomic mass is 10.0. The molecule has 0 bridgehead atoms. The topological polar surface area (TPSA) is 37.8 Å². The minimum atomic E-state index is 0.406. The van der Waals surface area contributed by atoms with Crippen LogP contribution in [0.1, 0.15) is 61.4 Å². The molecular formula is C13H21N3. The Hall–Kier alpha value is -0.960. The van der Waals surface area contributed by atoms with E-state index in [4.69, 9.17) is 0 Å². The zero-order valence-electron chi connectivity index (χ0n) is 10.7. The van der Waals surface area contributed by atoms with E-state index in [-0.39, 0.29) is 0 Å². The predicted molar refractivity (Wildman–Crippen MR) is 65.6 cm³/mol. The third-order valence-corrected chi connectivity index (χ3v) is 3.27. The molecular weight excluding hydrogens is 198 g/mol. The van der Waals surface area contributed by atoms with Crippen molar-refractivity contribution in [1.82, 2.24) is 15.3 Å². The fourth-order valence-electron chi connectivity index (χ4n) is 2.44. The Balaban J connectivity index is 2.38. The highest BCUT2D eigenvalue weighted by molar-refractivity contribution is 5.29. The van der Waals surface area contributed by atoms with Crippen molar-refractivity contribution in [1.29, 1.82) is 0 Å². The molecule has 0 aliphatic carbocycles. The molecule has 2 rings (SSSR count). The average molecular weight is 219 g/mol. The van der Waals surface area contributed by atoms with Crippen LogP contribution in [0, 0.1) is 13.8 Å². The molecule has 1 atom stereocenters. The van der Waals surface area contributed by atoms with Gasteiger partial charge in [0.05, 0.1) is 0 Å². The van der Waals surface area contributed by atoms with Crippen molar-refractivity contribution in [2.24, 2.45) is 0 Å². The van der Waals surface area contributed by atoms with Crippen LogP contribution in [0.5, 0.6) is 0 Å². The van der Waals surface area contributed by atoms with E-state index in [1.165, 1.54) is 18.4 Å². The second kappa shape index (κ2) is 4.50. The van der Waals surface area contributed by atoms with Gasteiger partial charge in [-0.25, -0.2) is 9.97 Å². The van der Waals surface area contributed by atoms with Gasteiger partial charge in [0.1, 0.15) is 5.82 Å². The molecule has 1 aromatic heterocycles. The minimum Gasteiger partial charge on any atom is -0.310 e. The van der Waals surface area contributed by atoms with Gasteiger partial charge in [-0.2, -0.15) is 0 Å². The number of nitrogens with one attached hydrogen (secondary N) is 1. The summed E-state index contributed by atoms with van der Waals surface area (Å²) < 4.78 is 0. The van der Waals surface area contributed by atoms with E-state index in [1.807, 2.05) is 0 Å². The van der Waals surface area contributed by atoms with E-state index < -0.39 is 0 Å². The molecule has 2 heterocycles. The van der Waals surface area contributed by atoms with Crippen LogP contribution in [-0.4, -0.2) is 16.5 Å². The number of rotatable bonds is 2. The second-order valence-corrected chi connectivity index (χ2v) is 4.97. The first-order valence-electron chi connectivity index (χ1n) is 6.18. The monoisotopic (exact) mass is 219 g/mol. The predicted octanol–water partition coefficient (Wildman–Crippen LogP) is 2.64. The number of nitrogens with zero attached hydrogens (tertiary/aromatic N) is 2. The van der Waals surface area contributed by atoms with Crippen LogP contribution in [0.2, 0.25) is 0 Å². The molecule has 0 spiro atoms. The van der Waals surface area contributed by atoms with Gasteiger partial charge in [0.2, 0.25) is 0 Å². The molecule has 1 saturated heterocycles. The average Bonchev–Trinajstić information content (AvgIpc) is 2.69. The third-order valence-electron chi connectivity index (χ3n) is 3.27. The van der Waals surface area contributed by atoms with Crippen LogP contribution < -0.4 is 5.32 Å². The van der Waals surface area contributed by atoms with E-state index >= 15 is 0 Å². The van der Waals surface area contributed by atoms with Gasteiger partial charge >= 0.3 is 0 Å². The van der Waals surface area contributed by atoms with E-state index in [0.717, 1.165) is 23.8 Å². The van der Waals surface area contributed by atoms with Crippen molar-refractivity contribution in [2.75, 3.05) is 6.54 Å². The van der Waals surface area contributed by atoms with E-state index in [0.29, 0.717) is 12.0 Å². The van der Waals surface area contributed by atoms with Crippen molar-refractivity contribution in [3.8, 4) is 0 Å². The van der Waals surface area contributed by atoms with Crippen LogP contribution in [0.25, 0.3) is 0 Å². The highest BCUT2D eigenvalue weighted by Gasteiger charge is 2.22. The molecule has 1 aromatic rings. The smallest absolute Gasteiger partial charge is 0.131 e. The minimum absolute atomic E-state index is 0.406. The number of hydrogen-bond acceptors (Lipinski definition) is 3. The van der Waals surface area contributed by atoms with Gasteiger partial charge < -0.3 is 5.32 Å². The summed E-state index contributed by atoms with van der Waals surface area (Å²) in [5.41, 5.74) is 3.62. The first kappa shape index (κ1) is 11.5. The van der Waals surface area contributed by atoms with Crippen LogP contribution in [-0.2, 0) is 0 Å². The number of aryl methyl sites for hydroxylation is 2. The normalized spacial score (nSPS) is 20.7. The fourth-order valence-corrected chi connectivity index (χ4v) is 2.44. The summed E-state index contributed by atoms with van der Waals surface area (Å²) in [7, 11) is 0. The zero-order valence-corrected chi connectivity index (χ0v) is 10.7. The fraction of sp³-hybridized carbons (Fsp3) is 0.692. The van der Waals surface area contributed by atoms with Gasteiger partial charge in [-0.3, -0.25) is 0 Å². The molecule has 0 aromatic carbocycles. The molecule has 0 saturated carbocycles. The number of hydrogen-bond donors (Lipinski definition) is 1. The van der Waals surface area contributed by atoms with Gasteiger partial charge in [0.25, 0.3) is 0 Å². The van der Waals surface area contributed by atoms with E-state index in [1.54, 1.807) is 0 Å². The highest BCUT2D eigenvalue weighted by atomic mass is 15.0. The quantitative estimate of drug-likeness (QED) is 0.831. The van der Waals surface area contributed by atoms with Gasteiger partial charge in [-0.05, 0) is 33.2 Å². The summed E-state index contributed by atoms with van der Waals surface area (Å²) in [6, 6.07) is 0.473. The van der Waals surface area contributed by atoms with Crippen LogP contribution in [0.3, 0.4) is 0 Å². The van der Waals surface area contributed by atoms with Gasteiger partial charge in [0, 0.05) is 28.9 Å². The second-order valence-electron chi connectivity index (χ2n) is 4.97. The standard InChI is InChI=1S/C13H21N3/c1-8(2)13-15-9(3)12(10(4)16-13)11-6-5-7-14-11/h8,11,14H,5-7H2,1-4H3. The van der Waals surface area contributed by atoms with Crippen LogP contribution >= 0.6 is 0 Å². The Morgan fingerprint density at radius 1 is 1.19 bits per heavy atom. The summed E-state index contributed by atoms with van der Waals surface area (Å²) in [5, 5.41) is 3.52. The van der Waals surface area contributed by atoms with Gasteiger partial charge in [-0.1, -0.05) is 13.8 Å². The molecule has 1 fully saturated rings. The molecule has 88 valence electrons. The summed E-state index contributed by atoms with van der Waals surface area (Å²) in [6.07, 6.45) is 2.47.